The molecule has 1 aliphatic heterocycles. The summed E-state index contributed by atoms with van der Waals surface area (Å²) in [6.45, 7) is 11.8. The van der Waals surface area contributed by atoms with Gasteiger partial charge in [-0.3, -0.25) is 4.90 Å². The van der Waals surface area contributed by atoms with Crippen molar-refractivity contribution in [2.24, 2.45) is 5.92 Å². The lowest BCUT2D eigenvalue weighted by Crippen LogP contribution is -2.69. The van der Waals surface area contributed by atoms with Crippen LogP contribution in [0, 0.1) is 5.92 Å². The van der Waals surface area contributed by atoms with E-state index in [0.717, 1.165) is 0 Å². The maximum atomic E-state index is 11.7. The van der Waals surface area contributed by atoms with Crippen molar-refractivity contribution >= 4 is 14.4 Å². The number of methoxy groups -OCH3 is 1. The first-order valence-electron chi connectivity index (χ1n) is 6.87. The Labute approximate surface area is 116 Å². The molecule has 0 spiro atoms. The number of amides is 1. The standard InChI is InChI=1S/C14H25NO3Si/c1-14(2,3)19(5,6)18-9-12-10-7-8-11(10)15(12)13(16)17-4/h7-8,10-12H,9H2,1-6H3/t10?,11?,12-/m1/s1. The van der Waals surface area contributed by atoms with Gasteiger partial charge < -0.3 is 9.16 Å². The zero-order valence-electron chi connectivity index (χ0n) is 12.8. The molecule has 2 unspecified atom stereocenters. The van der Waals surface area contributed by atoms with Crippen molar-refractivity contribution in [2.75, 3.05) is 13.7 Å². The second-order valence-corrected chi connectivity index (χ2v) is 11.8. The highest BCUT2D eigenvalue weighted by Gasteiger charge is 2.53. The van der Waals surface area contributed by atoms with Crippen molar-refractivity contribution in [1.29, 1.82) is 0 Å². The average molecular weight is 283 g/mol. The van der Waals surface area contributed by atoms with Crippen molar-refractivity contribution in [3.8, 4) is 0 Å². The number of likely N-dealkylation sites (tertiary alicyclic amines) is 1. The third kappa shape index (κ3) is 2.34. The van der Waals surface area contributed by atoms with E-state index < -0.39 is 8.32 Å². The van der Waals surface area contributed by atoms with E-state index in [2.05, 4.69) is 46.0 Å². The highest BCUT2D eigenvalue weighted by molar-refractivity contribution is 6.74. The van der Waals surface area contributed by atoms with Crippen LogP contribution in [0.2, 0.25) is 18.1 Å². The fourth-order valence-electron chi connectivity index (χ4n) is 2.34. The van der Waals surface area contributed by atoms with Crippen molar-refractivity contribution in [1.82, 2.24) is 4.90 Å². The lowest BCUT2D eigenvalue weighted by Gasteiger charge is -2.57. The maximum Gasteiger partial charge on any atom is 0.410 e. The molecule has 0 bridgehead atoms. The molecule has 1 aliphatic carbocycles. The Morgan fingerprint density at radius 3 is 2.37 bits per heavy atom. The molecule has 0 aromatic rings. The molecule has 1 fully saturated rings. The number of ether oxygens (including phenoxy) is 1. The van der Waals surface area contributed by atoms with Gasteiger partial charge in [-0.1, -0.05) is 32.9 Å². The van der Waals surface area contributed by atoms with Crippen molar-refractivity contribution in [3.63, 3.8) is 0 Å². The minimum absolute atomic E-state index is 0.150. The fraction of sp³-hybridized carbons (Fsp3) is 0.786. The van der Waals surface area contributed by atoms with Gasteiger partial charge in [-0.2, -0.15) is 0 Å². The van der Waals surface area contributed by atoms with Crippen LogP contribution in [0.25, 0.3) is 0 Å². The minimum atomic E-state index is -1.76. The highest BCUT2D eigenvalue weighted by atomic mass is 28.4. The largest absolute Gasteiger partial charge is 0.453 e. The van der Waals surface area contributed by atoms with Gasteiger partial charge in [-0.25, -0.2) is 4.79 Å². The molecule has 19 heavy (non-hydrogen) atoms. The Balaban J connectivity index is 1.96. The van der Waals surface area contributed by atoms with Crippen LogP contribution in [0.5, 0.6) is 0 Å². The molecule has 3 atom stereocenters. The second kappa shape index (κ2) is 4.63. The van der Waals surface area contributed by atoms with E-state index in [-0.39, 0.29) is 23.2 Å². The van der Waals surface area contributed by atoms with Gasteiger partial charge in [-0.15, -0.1) is 0 Å². The molecule has 0 aromatic carbocycles. The maximum absolute atomic E-state index is 11.7. The molecule has 2 rings (SSSR count). The predicted octanol–water partition coefficient (Wildman–Crippen LogP) is 3.01. The van der Waals surface area contributed by atoms with Crippen LogP contribution in [-0.4, -0.2) is 45.1 Å². The molecule has 1 heterocycles. The van der Waals surface area contributed by atoms with E-state index in [4.69, 9.17) is 9.16 Å². The zero-order chi connectivity index (χ0) is 14.4. The van der Waals surface area contributed by atoms with Gasteiger partial charge in [-0.05, 0) is 18.1 Å². The number of hydrogen-bond donors (Lipinski definition) is 0. The SMILES string of the molecule is COC(=O)N1C2C=CC2[C@H]1CO[Si](C)(C)C(C)(C)C. The van der Waals surface area contributed by atoms with E-state index in [1.54, 1.807) is 4.90 Å². The topological polar surface area (TPSA) is 38.8 Å². The summed E-state index contributed by atoms with van der Waals surface area (Å²) >= 11 is 0. The van der Waals surface area contributed by atoms with Crippen LogP contribution in [0.15, 0.2) is 12.2 Å². The summed E-state index contributed by atoms with van der Waals surface area (Å²) in [6, 6.07) is 0.386. The van der Waals surface area contributed by atoms with Gasteiger partial charge in [0.05, 0.1) is 25.8 Å². The normalized spacial score (nSPS) is 29.4. The third-order valence-electron chi connectivity index (χ3n) is 4.85. The van der Waals surface area contributed by atoms with E-state index >= 15 is 0 Å². The van der Waals surface area contributed by atoms with Crippen molar-refractivity contribution in [3.05, 3.63) is 12.2 Å². The molecule has 5 heteroatoms. The first-order chi connectivity index (χ1) is 8.69. The Bertz CT molecular complexity index is 400. The summed E-state index contributed by atoms with van der Waals surface area (Å²) in [5.74, 6) is 0.462. The predicted molar refractivity (Wildman–Crippen MR) is 77.6 cm³/mol. The second-order valence-electron chi connectivity index (χ2n) is 6.97. The Morgan fingerprint density at radius 1 is 1.32 bits per heavy atom. The van der Waals surface area contributed by atoms with E-state index in [1.165, 1.54) is 7.11 Å². The van der Waals surface area contributed by atoms with Gasteiger partial charge in [0.1, 0.15) is 0 Å². The number of nitrogens with zero attached hydrogens (tertiary/aromatic N) is 1. The smallest absolute Gasteiger partial charge is 0.410 e. The molecule has 1 saturated heterocycles. The highest BCUT2D eigenvalue weighted by Crippen LogP contribution is 2.43. The van der Waals surface area contributed by atoms with Gasteiger partial charge in [0, 0.05) is 5.92 Å². The molecule has 0 saturated carbocycles. The van der Waals surface area contributed by atoms with E-state index in [0.29, 0.717) is 12.5 Å². The number of fused-ring (bicyclic) bond motifs is 1. The number of rotatable bonds is 3. The van der Waals surface area contributed by atoms with Gasteiger partial charge >= 0.3 is 6.09 Å². The van der Waals surface area contributed by atoms with Crippen LogP contribution in [0.3, 0.4) is 0 Å². The summed E-state index contributed by atoms with van der Waals surface area (Å²) in [5.41, 5.74) is 0. The lowest BCUT2D eigenvalue weighted by atomic mass is 9.72. The third-order valence-corrected chi connectivity index (χ3v) is 9.35. The monoisotopic (exact) mass is 283 g/mol. The molecule has 0 N–H and O–H groups in total. The first kappa shape index (κ1) is 14.6. The van der Waals surface area contributed by atoms with Crippen molar-refractivity contribution in [2.45, 2.75) is 51.0 Å². The van der Waals surface area contributed by atoms with Crippen LogP contribution in [0.1, 0.15) is 20.8 Å². The summed E-state index contributed by atoms with van der Waals surface area (Å²) in [4.78, 5) is 13.5. The Morgan fingerprint density at radius 2 is 1.95 bits per heavy atom. The first-order valence-corrected chi connectivity index (χ1v) is 9.78. The molecule has 0 aromatic heterocycles. The molecule has 108 valence electrons. The molecular weight excluding hydrogens is 258 g/mol. The van der Waals surface area contributed by atoms with Crippen LogP contribution in [0.4, 0.5) is 4.79 Å². The minimum Gasteiger partial charge on any atom is -0.453 e. The quantitative estimate of drug-likeness (QED) is 0.590. The van der Waals surface area contributed by atoms with Gasteiger partial charge in [0.15, 0.2) is 8.32 Å². The lowest BCUT2D eigenvalue weighted by molar-refractivity contribution is -0.0367. The molecule has 2 aliphatic rings. The van der Waals surface area contributed by atoms with Crippen LogP contribution < -0.4 is 0 Å². The van der Waals surface area contributed by atoms with E-state index in [9.17, 15) is 4.79 Å². The molecule has 0 radical (unpaired) electrons. The zero-order valence-corrected chi connectivity index (χ0v) is 13.8. The van der Waals surface area contributed by atoms with Gasteiger partial charge in [0.25, 0.3) is 0 Å². The summed E-state index contributed by atoms with van der Waals surface area (Å²) in [7, 11) is -0.321. The molecule has 1 amide bonds. The number of carbonyl (C=O) groups excluding carboxylic acids is 1. The summed E-state index contributed by atoms with van der Waals surface area (Å²) < 4.78 is 11.1. The molecular formula is C14H25NO3Si. The summed E-state index contributed by atoms with van der Waals surface area (Å²) in [6.07, 6.45) is 3.99. The van der Waals surface area contributed by atoms with Crippen LogP contribution >= 0.6 is 0 Å². The van der Waals surface area contributed by atoms with Crippen molar-refractivity contribution < 1.29 is 14.0 Å². The fourth-order valence-corrected chi connectivity index (χ4v) is 3.36. The Hall–Kier alpha value is -0.813. The van der Waals surface area contributed by atoms with E-state index in [1.807, 2.05) is 0 Å². The number of hydrogen-bond acceptors (Lipinski definition) is 3. The van der Waals surface area contributed by atoms with Gasteiger partial charge in [0.2, 0.25) is 0 Å². The Kier molecular flexibility index (Phi) is 3.56. The number of carbonyl (C=O) groups is 1. The average Bonchev–Trinajstić information content (AvgIpc) is 2.27. The van der Waals surface area contributed by atoms with Crippen LogP contribution in [-0.2, 0) is 9.16 Å². The molecule has 4 nitrogen and oxygen atoms in total. The summed E-state index contributed by atoms with van der Waals surface area (Å²) in [5, 5.41) is 0.196.